The Kier molecular flexibility index (Phi) is 3.22. The predicted octanol–water partition coefficient (Wildman–Crippen LogP) is 3.78. The molecule has 6 heteroatoms. The molecule has 0 aliphatic carbocycles. The van der Waals surface area contributed by atoms with Gasteiger partial charge in [-0.05, 0) is 37.4 Å². The lowest BCUT2D eigenvalue weighted by Gasteiger charge is -2.31. The predicted molar refractivity (Wildman–Crippen MR) is 92.3 cm³/mol. The van der Waals surface area contributed by atoms with Crippen LogP contribution in [0.25, 0.3) is 0 Å². The third kappa shape index (κ3) is 1.99. The van der Waals surface area contributed by atoms with Crippen molar-refractivity contribution in [3.63, 3.8) is 0 Å². The number of imide groups is 1. The molecule has 2 aromatic rings. The van der Waals surface area contributed by atoms with Gasteiger partial charge in [-0.2, -0.15) is 10.2 Å². The number of amides is 2. The van der Waals surface area contributed by atoms with E-state index in [1.54, 1.807) is 23.5 Å². The van der Waals surface area contributed by atoms with Gasteiger partial charge in [0.15, 0.2) is 5.54 Å². The van der Waals surface area contributed by atoms with Gasteiger partial charge in [-0.25, -0.2) is 4.90 Å². The zero-order chi connectivity index (χ0) is 16.9. The van der Waals surface area contributed by atoms with Crippen molar-refractivity contribution in [1.82, 2.24) is 0 Å². The lowest BCUT2D eigenvalue weighted by atomic mass is 9.73. The molecule has 0 bridgehead atoms. The Balaban J connectivity index is 1.82. The summed E-state index contributed by atoms with van der Waals surface area (Å²) in [5.74, 6) is -0.717. The topological polar surface area (TPSA) is 62.1 Å². The number of azo groups is 1. The van der Waals surface area contributed by atoms with Crippen molar-refractivity contribution in [2.24, 2.45) is 10.2 Å². The highest BCUT2D eigenvalue weighted by atomic mass is 32.1. The lowest BCUT2D eigenvalue weighted by Crippen LogP contribution is -2.46. The maximum absolute atomic E-state index is 13.3. The maximum atomic E-state index is 13.3. The van der Waals surface area contributed by atoms with Crippen LogP contribution in [0.3, 0.4) is 0 Å². The molecule has 1 aromatic carbocycles. The molecule has 2 atom stereocenters. The van der Waals surface area contributed by atoms with Crippen molar-refractivity contribution >= 4 is 28.8 Å². The smallest absolute Gasteiger partial charge is 0.264 e. The summed E-state index contributed by atoms with van der Waals surface area (Å²) in [4.78, 5) is 28.3. The monoisotopic (exact) mass is 339 g/mol. The molecule has 1 spiro atoms. The molecule has 1 saturated heterocycles. The van der Waals surface area contributed by atoms with E-state index in [0.717, 1.165) is 4.88 Å². The van der Waals surface area contributed by atoms with Crippen LogP contribution in [-0.4, -0.2) is 22.9 Å². The number of carbonyl (C=O) groups is 2. The van der Waals surface area contributed by atoms with Gasteiger partial charge in [0, 0.05) is 4.88 Å². The zero-order valence-corrected chi connectivity index (χ0v) is 14.3. The second-order valence-corrected chi connectivity index (χ2v) is 7.75. The molecule has 4 rings (SSSR count). The van der Waals surface area contributed by atoms with E-state index in [1.807, 2.05) is 49.6 Å². The first kappa shape index (κ1) is 15.2. The van der Waals surface area contributed by atoms with Gasteiger partial charge in [0.2, 0.25) is 5.91 Å². The molecule has 5 nitrogen and oxygen atoms in total. The summed E-state index contributed by atoms with van der Waals surface area (Å²) in [7, 11) is 0. The third-order valence-corrected chi connectivity index (χ3v) is 5.69. The first-order valence-corrected chi connectivity index (χ1v) is 8.73. The molecule has 2 unspecified atom stereocenters. The summed E-state index contributed by atoms with van der Waals surface area (Å²) in [5, 5.41) is 10.7. The molecule has 0 saturated carbocycles. The molecular formula is C18H17N3O2S. The summed E-state index contributed by atoms with van der Waals surface area (Å²) in [6, 6.07) is 13.0. The molecule has 24 heavy (non-hydrogen) atoms. The van der Waals surface area contributed by atoms with E-state index in [0.29, 0.717) is 5.69 Å². The Morgan fingerprint density at radius 1 is 1.08 bits per heavy atom. The Hall–Kier alpha value is -2.34. The molecule has 2 aliphatic heterocycles. The molecule has 0 radical (unpaired) electrons. The fraction of sp³-hybridized carbons (Fsp3) is 0.333. The van der Waals surface area contributed by atoms with Crippen LogP contribution < -0.4 is 4.90 Å². The van der Waals surface area contributed by atoms with Crippen LogP contribution in [0.2, 0.25) is 0 Å². The van der Waals surface area contributed by atoms with Gasteiger partial charge in [-0.1, -0.05) is 24.3 Å². The summed E-state index contributed by atoms with van der Waals surface area (Å²) in [5.41, 5.74) is -1.05. The van der Waals surface area contributed by atoms with Gasteiger partial charge in [0.05, 0.1) is 23.6 Å². The third-order valence-electron chi connectivity index (χ3n) is 4.76. The van der Waals surface area contributed by atoms with E-state index in [1.165, 1.54) is 4.90 Å². The number of hydrogen-bond acceptors (Lipinski definition) is 5. The fourth-order valence-electron chi connectivity index (χ4n) is 3.79. The van der Waals surface area contributed by atoms with Gasteiger partial charge in [-0.3, -0.25) is 9.59 Å². The summed E-state index contributed by atoms with van der Waals surface area (Å²) in [6.07, 6.45) is 0.0657. The second kappa shape index (κ2) is 5.08. The van der Waals surface area contributed by atoms with Crippen molar-refractivity contribution in [3.05, 3.63) is 52.7 Å². The van der Waals surface area contributed by atoms with Crippen molar-refractivity contribution in [2.75, 3.05) is 4.90 Å². The Labute approximate surface area is 144 Å². The van der Waals surface area contributed by atoms with Crippen LogP contribution in [0.5, 0.6) is 0 Å². The van der Waals surface area contributed by atoms with Crippen molar-refractivity contribution in [1.29, 1.82) is 0 Å². The summed E-state index contributed by atoms with van der Waals surface area (Å²) in [6.45, 7) is 3.94. The number of anilines is 1. The van der Waals surface area contributed by atoms with Gasteiger partial charge in [-0.15, -0.1) is 11.3 Å². The van der Waals surface area contributed by atoms with Gasteiger partial charge in [0.1, 0.15) is 0 Å². The summed E-state index contributed by atoms with van der Waals surface area (Å²) < 4.78 is 0. The van der Waals surface area contributed by atoms with E-state index in [4.69, 9.17) is 0 Å². The number of thiophene rings is 1. The molecule has 0 N–H and O–H groups in total. The van der Waals surface area contributed by atoms with Crippen LogP contribution >= 0.6 is 11.3 Å². The molecule has 3 heterocycles. The number of nitrogens with zero attached hydrogens (tertiary/aromatic N) is 3. The molecule has 1 fully saturated rings. The molecule has 2 aliphatic rings. The van der Waals surface area contributed by atoms with E-state index >= 15 is 0 Å². The van der Waals surface area contributed by atoms with Crippen molar-refractivity contribution in [2.45, 2.75) is 37.3 Å². The zero-order valence-electron chi connectivity index (χ0n) is 13.5. The SMILES string of the molecule is CC1(C)N=NC2(CC(=O)N(c3ccccc3)C2=O)C1c1cccs1. The standard InChI is InChI=1S/C18H17N3O2S/c1-17(2)15(13-9-6-10-24-13)18(20-19-17)11-14(22)21(16(18)23)12-7-4-3-5-8-12/h3-10,15H,11H2,1-2H3. The average Bonchev–Trinajstić information content (AvgIpc) is 3.20. The van der Waals surface area contributed by atoms with E-state index in [-0.39, 0.29) is 24.2 Å². The van der Waals surface area contributed by atoms with E-state index in [9.17, 15) is 9.59 Å². The molecule has 122 valence electrons. The van der Waals surface area contributed by atoms with E-state index in [2.05, 4.69) is 10.2 Å². The van der Waals surface area contributed by atoms with Crippen LogP contribution in [0.15, 0.2) is 58.1 Å². The Bertz CT molecular complexity index is 829. The number of hydrogen-bond donors (Lipinski definition) is 0. The van der Waals surface area contributed by atoms with Gasteiger partial charge < -0.3 is 0 Å². The van der Waals surface area contributed by atoms with E-state index < -0.39 is 11.1 Å². The van der Waals surface area contributed by atoms with Crippen molar-refractivity contribution < 1.29 is 9.59 Å². The Morgan fingerprint density at radius 3 is 2.50 bits per heavy atom. The minimum absolute atomic E-state index is 0.0657. The quantitative estimate of drug-likeness (QED) is 0.782. The highest BCUT2D eigenvalue weighted by molar-refractivity contribution is 7.10. The number of benzene rings is 1. The minimum atomic E-state index is -1.12. The second-order valence-electron chi connectivity index (χ2n) is 6.77. The number of carbonyl (C=O) groups excluding carboxylic acids is 2. The summed E-state index contributed by atoms with van der Waals surface area (Å²) >= 11 is 1.58. The normalized spacial score (nSPS) is 28.2. The fourth-order valence-corrected chi connectivity index (χ4v) is 4.88. The lowest BCUT2D eigenvalue weighted by molar-refractivity contribution is -0.123. The molecule has 2 amide bonds. The van der Waals surface area contributed by atoms with Crippen LogP contribution in [0.4, 0.5) is 5.69 Å². The van der Waals surface area contributed by atoms with Crippen LogP contribution in [-0.2, 0) is 9.59 Å². The first-order chi connectivity index (χ1) is 11.5. The van der Waals surface area contributed by atoms with Crippen molar-refractivity contribution in [3.8, 4) is 0 Å². The minimum Gasteiger partial charge on any atom is -0.274 e. The van der Waals surface area contributed by atoms with Gasteiger partial charge >= 0.3 is 0 Å². The number of para-hydroxylation sites is 1. The maximum Gasteiger partial charge on any atom is 0.264 e. The van der Waals surface area contributed by atoms with Crippen LogP contribution in [0, 0.1) is 0 Å². The van der Waals surface area contributed by atoms with Gasteiger partial charge in [0.25, 0.3) is 5.91 Å². The highest BCUT2D eigenvalue weighted by Gasteiger charge is 2.64. The first-order valence-electron chi connectivity index (χ1n) is 7.86. The molecule has 1 aromatic heterocycles. The largest absolute Gasteiger partial charge is 0.274 e. The molecular weight excluding hydrogens is 322 g/mol. The highest BCUT2D eigenvalue weighted by Crippen LogP contribution is 2.54. The number of rotatable bonds is 2. The van der Waals surface area contributed by atoms with Crippen LogP contribution in [0.1, 0.15) is 31.1 Å². The average molecular weight is 339 g/mol. The Morgan fingerprint density at radius 2 is 1.83 bits per heavy atom.